The van der Waals surface area contributed by atoms with Crippen molar-refractivity contribution in [1.29, 1.82) is 0 Å². The molecule has 3 heterocycles. The molecule has 5 rings (SSSR count). The number of H-pyrrole nitrogens is 1. The number of likely N-dealkylation sites (N-methyl/N-ethyl adjacent to an activating group) is 1. The Morgan fingerprint density at radius 1 is 1.18 bits per heavy atom. The van der Waals surface area contributed by atoms with Crippen LogP contribution in [0, 0.1) is 0 Å². The average Bonchev–Trinajstić information content (AvgIpc) is 3.56. The van der Waals surface area contributed by atoms with E-state index in [2.05, 4.69) is 10.3 Å². The summed E-state index contributed by atoms with van der Waals surface area (Å²) in [5.41, 5.74) is 2.24. The van der Waals surface area contributed by atoms with E-state index in [0.717, 1.165) is 22.2 Å². The lowest BCUT2D eigenvalue weighted by molar-refractivity contribution is -0.131. The van der Waals surface area contributed by atoms with E-state index in [1.165, 1.54) is 6.20 Å². The van der Waals surface area contributed by atoms with Crippen LogP contribution in [-0.4, -0.2) is 59.8 Å². The summed E-state index contributed by atoms with van der Waals surface area (Å²) in [6, 6.07) is 8.35. The minimum absolute atomic E-state index is 0.0326. The Balaban J connectivity index is 1.28. The van der Waals surface area contributed by atoms with Crippen molar-refractivity contribution in [2.24, 2.45) is 0 Å². The van der Waals surface area contributed by atoms with Crippen LogP contribution in [0.4, 0.5) is 0 Å². The maximum Gasteiger partial charge on any atom is 0.257 e. The number of nitrogens with zero attached hydrogens (tertiary/aromatic N) is 2. The molecule has 10 nitrogen and oxygen atoms in total. The fourth-order valence-electron chi connectivity index (χ4n) is 4.77. The lowest BCUT2D eigenvalue weighted by atomic mass is 10.1. The molecule has 0 saturated carbocycles. The van der Waals surface area contributed by atoms with Crippen molar-refractivity contribution in [2.45, 2.75) is 32.9 Å². The molecule has 1 unspecified atom stereocenters. The van der Waals surface area contributed by atoms with Crippen LogP contribution in [0.25, 0.3) is 21.8 Å². The van der Waals surface area contributed by atoms with Gasteiger partial charge >= 0.3 is 0 Å². The smallest absolute Gasteiger partial charge is 0.257 e. The van der Waals surface area contributed by atoms with E-state index < -0.39 is 17.4 Å². The predicted molar refractivity (Wildman–Crippen MR) is 143 cm³/mol. The molecule has 0 saturated heterocycles. The first-order valence-corrected chi connectivity index (χ1v) is 12.5. The van der Waals surface area contributed by atoms with Gasteiger partial charge < -0.3 is 34.0 Å². The highest BCUT2D eigenvalue weighted by molar-refractivity contribution is 6.00. The Morgan fingerprint density at radius 3 is 2.68 bits per heavy atom. The number of hydrogen-bond donors (Lipinski definition) is 2. The van der Waals surface area contributed by atoms with Crippen LogP contribution in [0.1, 0.15) is 29.8 Å². The standard InChI is InChI=1S/C28H30N4O6/c1-5-32-14-21(26(33)20-11-24-25(12-23(20)32)38-15-37-24)27(34)30-16(2)28(35)31(3)9-8-17-13-29-22-10-18(36-4)6-7-19(17)22/h6-7,10-14,16,29H,5,8-9,15H2,1-4H3,(H,30,34). The Kier molecular flexibility index (Phi) is 6.71. The summed E-state index contributed by atoms with van der Waals surface area (Å²) < 4.78 is 17.9. The van der Waals surface area contributed by atoms with Crippen molar-refractivity contribution < 1.29 is 23.8 Å². The number of carbonyl (C=O) groups is 2. The van der Waals surface area contributed by atoms with E-state index in [1.807, 2.05) is 35.9 Å². The maximum absolute atomic E-state index is 13.2. The Bertz CT molecular complexity index is 1600. The molecule has 2 amide bonds. The number of nitrogens with one attached hydrogen (secondary N) is 2. The molecule has 4 aromatic rings. The molecule has 2 aromatic carbocycles. The number of aromatic nitrogens is 2. The zero-order valence-corrected chi connectivity index (χ0v) is 21.8. The molecule has 0 spiro atoms. The van der Waals surface area contributed by atoms with E-state index in [9.17, 15) is 14.4 Å². The molecule has 1 atom stereocenters. The van der Waals surface area contributed by atoms with Gasteiger partial charge in [0, 0.05) is 55.6 Å². The third-order valence-corrected chi connectivity index (χ3v) is 6.95. The molecule has 1 aliphatic heterocycles. The number of fused-ring (bicyclic) bond motifs is 3. The van der Waals surface area contributed by atoms with Gasteiger partial charge in [0.1, 0.15) is 17.4 Å². The average molecular weight is 519 g/mol. The molecule has 2 N–H and O–H groups in total. The minimum Gasteiger partial charge on any atom is -0.497 e. The number of carbonyl (C=O) groups excluding carboxylic acids is 2. The van der Waals surface area contributed by atoms with Crippen molar-refractivity contribution in [3.63, 3.8) is 0 Å². The number of amides is 2. The van der Waals surface area contributed by atoms with Gasteiger partial charge in [-0.15, -0.1) is 0 Å². The lowest BCUT2D eigenvalue weighted by Gasteiger charge is -2.22. The van der Waals surface area contributed by atoms with E-state index in [1.54, 1.807) is 38.1 Å². The third kappa shape index (κ3) is 4.53. The summed E-state index contributed by atoms with van der Waals surface area (Å²) in [6.07, 6.45) is 4.09. The van der Waals surface area contributed by atoms with Gasteiger partial charge in [0.05, 0.1) is 18.0 Å². The largest absolute Gasteiger partial charge is 0.497 e. The summed E-state index contributed by atoms with van der Waals surface area (Å²) in [7, 11) is 3.33. The van der Waals surface area contributed by atoms with Gasteiger partial charge in [-0.2, -0.15) is 0 Å². The molecule has 0 radical (unpaired) electrons. The first-order chi connectivity index (χ1) is 18.3. The zero-order valence-electron chi connectivity index (χ0n) is 21.8. The molecule has 10 heteroatoms. The van der Waals surface area contributed by atoms with Gasteiger partial charge in [0.2, 0.25) is 18.1 Å². The van der Waals surface area contributed by atoms with Gasteiger partial charge in [0.15, 0.2) is 11.5 Å². The SMILES string of the molecule is CCn1cc(C(=O)NC(C)C(=O)N(C)CCc2c[nH]c3cc(OC)ccc23)c(=O)c2cc3c(cc21)OCO3. The lowest BCUT2D eigenvalue weighted by Crippen LogP contribution is -2.47. The zero-order chi connectivity index (χ0) is 27.0. The molecular formula is C28H30N4O6. The van der Waals surface area contributed by atoms with Crippen LogP contribution in [-0.2, 0) is 17.8 Å². The van der Waals surface area contributed by atoms with Gasteiger partial charge in [0.25, 0.3) is 5.91 Å². The molecule has 2 aromatic heterocycles. The second kappa shape index (κ2) is 10.1. The highest BCUT2D eigenvalue weighted by Crippen LogP contribution is 2.35. The van der Waals surface area contributed by atoms with E-state index in [-0.39, 0.29) is 18.3 Å². The third-order valence-electron chi connectivity index (χ3n) is 6.95. The topological polar surface area (TPSA) is 115 Å². The van der Waals surface area contributed by atoms with Crippen molar-refractivity contribution in [3.8, 4) is 17.2 Å². The summed E-state index contributed by atoms with van der Waals surface area (Å²) in [6.45, 7) is 4.62. The van der Waals surface area contributed by atoms with E-state index >= 15 is 0 Å². The molecule has 38 heavy (non-hydrogen) atoms. The van der Waals surface area contributed by atoms with Crippen LogP contribution >= 0.6 is 0 Å². The van der Waals surface area contributed by atoms with Crippen molar-refractivity contribution in [2.75, 3.05) is 27.5 Å². The first-order valence-electron chi connectivity index (χ1n) is 12.5. The Hall–Kier alpha value is -4.47. The minimum atomic E-state index is -0.818. The number of aromatic amines is 1. The maximum atomic E-state index is 13.2. The van der Waals surface area contributed by atoms with Crippen LogP contribution in [0.15, 0.2) is 47.5 Å². The number of benzene rings is 2. The molecular weight excluding hydrogens is 488 g/mol. The number of ether oxygens (including phenoxy) is 3. The monoisotopic (exact) mass is 518 g/mol. The Morgan fingerprint density at radius 2 is 1.95 bits per heavy atom. The molecule has 1 aliphatic rings. The van der Waals surface area contributed by atoms with Crippen molar-refractivity contribution in [3.05, 3.63) is 64.1 Å². The molecule has 0 bridgehead atoms. The summed E-state index contributed by atoms with van der Waals surface area (Å²) in [5.74, 6) is 0.947. The normalized spacial score (nSPS) is 13.1. The van der Waals surface area contributed by atoms with Crippen molar-refractivity contribution >= 4 is 33.6 Å². The summed E-state index contributed by atoms with van der Waals surface area (Å²) in [4.78, 5) is 44.2. The van der Waals surface area contributed by atoms with Gasteiger partial charge in [-0.3, -0.25) is 14.4 Å². The van der Waals surface area contributed by atoms with Gasteiger partial charge in [-0.1, -0.05) is 0 Å². The van der Waals surface area contributed by atoms with Gasteiger partial charge in [-0.25, -0.2) is 0 Å². The highest BCUT2D eigenvalue weighted by atomic mass is 16.7. The summed E-state index contributed by atoms with van der Waals surface area (Å²) >= 11 is 0. The first kappa shape index (κ1) is 25.2. The van der Waals surface area contributed by atoms with Crippen LogP contribution < -0.4 is 25.0 Å². The second-order valence-electron chi connectivity index (χ2n) is 9.31. The van der Waals surface area contributed by atoms with E-state index in [4.69, 9.17) is 14.2 Å². The quantitative estimate of drug-likeness (QED) is 0.371. The fraction of sp³-hybridized carbons (Fsp3) is 0.321. The molecule has 198 valence electrons. The number of hydrogen-bond acceptors (Lipinski definition) is 6. The van der Waals surface area contributed by atoms with Crippen LogP contribution in [0.2, 0.25) is 0 Å². The van der Waals surface area contributed by atoms with Crippen molar-refractivity contribution in [1.82, 2.24) is 19.8 Å². The van der Waals surface area contributed by atoms with E-state index in [0.29, 0.717) is 41.9 Å². The van der Waals surface area contributed by atoms with Crippen LogP contribution in [0.5, 0.6) is 17.2 Å². The number of rotatable bonds is 8. The Labute approximate surface area is 219 Å². The molecule has 0 fully saturated rings. The van der Waals surface area contributed by atoms with Gasteiger partial charge in [-0.05, 0) is 44.0 Å². The number of pyridine rings is 1. The fourth-order valence-corrected chi connectivity index (χ4v) is 4.77. The second-order valence-corrected chi connectivity index (χ2v) is 9.31. The summed E-state index contributed by atoms with van der Waals surface area (Å²) in [5, 5.41) is 4.13. The molecule has 0 aliphatic carbocycles. The number of methoxy groups -OCH3 is 1. The predicted octanol–water partition coefficient (Wildman–Crippen LogP) is 3.06. The van der Waals surface area contributed by atoms with Crippen LogP contribution in [0.3, 0.4) is 0 Å². The highest BCUT2D eigenvalue weighted by Gasteiger charge is 2.24. The number of aryl methyl sites for hydroxylation is 1.